The number of pyridine rings is 1. The molecule has 2 aromatic heterocycles. The van der Waals surface area contributed by atoms with Crippen LogP contribution >= 0.6 is 11.6 Å². The lowest BCUT2D eigenvalue weighted by Crippen LogP contribution is -2.11. The monoisotopic (exact) mass is 383 g/mol. The number of hydrogen-bond donors (Lipinski definition) is 3. The molecule has 138 valence electrons. The van der Waals surface area contributed by atoms with Crippen molar-refractivity contribution in [1.82, 2.24) is 15.0 Å². The summed E-state index contributed by atoms with van der Waals surface area (Å²) in [6.45, 7) is 0.828. The molecule has 0 amide bonds. The number of anilines is 2. The lowest BCUT2D eigenvalue weighted by Gasteiger charge is -2.11. The van der Waals surface area contributed by atoms with Crippen molar-refractivity contribution in [2.45, 2.75) is 13.0 Å². The molecular formula is C19H18ClN5O2. The van der Waals surface area contributed by atoms with Crippen molar-refractivity contribution in [3.05, 3.63) is 65.3 Å². The normalized spacial score (nSPS) is 10.4. The van der Waals surface area contributed by atoms with Crippen LogP contribution < -0.4 is 10.6 Å². The van der Waals surface area contributed by atoms with E-state index in [0.717, 1.165) is 5.56 Å². The fraction of sp³-hybridized carbons (Fsp3) is 0.158. The van der Waals surface area contributed by atoms with Gasteiger partial charge in [-0.2, -0.15) is 0 Å². The van der Waals surface area contributed by atoms with Crippen LogP contribution in [0.4, 0.5) is 11.6 Å². The molecule has 0 unspecified atom stereocenters. The van der Waals surface area contributed by atoms with Gasteiger partial charge in [0.1, 0.15) is 17.3 Å². The highest BCUT2D eigenvalue weighted by Gasteiger charge is 2.08. The Kier molecular flexibility index (Phi) is 6.17. The minimum atomic E-state index is -0.873. The average molecular weight is 384 g/mol. The molecule has 0 saturated heterocycles. The second-order valence-corrected chi connectivity index (χ2v) is 6.16. The van der Waals surface area contributed by atoms with Gasteiger partial charge in [-0.1, -0.05) is 29.8 Å². The summed E-state index contributed by atoms with van der Waals surface area (Å²) in [6, 6.07) is 14.8. The number of hydrogen-bond acceptors (Lipinski definition) is 6. The Labute approximate surface area is 161 Å². The van der Waals surface area contributed by atoms with Crippen LogP contribution in [0.3, 0.4) is 0 Å². The first-order chi connectivity index (χ1) is 13.1. The van der Waals surface area contributed by atoms with Gasteiger partial charge in [-0.25, -0.2) is 9.97 Å². The molecule has 0 atom stereocenters. The van der Waals surface area contributed by atoms with Gasteiger partial charge in [-0.15, -0.1) is 0 Å². The van der Waals surface area contributed by atoms with Crippen LogP contribution in [0.2, 0.25) is 5.02 Å². The van der Waals surface area contributed by atoms with E-state index in [4.69, 9.17) is 16.7 Å². The number of rotatable bonds is 8. The molecule has 0 aliphatic carbocycles. The van der Waals surface area contributed by atoms with Crippen LogP contribution in [0.5, 0.6) is 0 Å². The van der Waals surface area contributed by atoms with Crippen molar-refractivity contribution < 1.29 is 9.90 Å². The van der Waals surface area contributed by atoms with Crippen molar-refractivity contribution in [1.29, 1.82) is 0 Å². The molecule has 3 aromatic rings. The Bertz CT molecular complexity index is 904. The summed E-state index contributed by atoms with van der Waals surface area (Å²) >= 11 is 5.91. The standard InChI is InChI=1S/C19H18ClN5O2/c20-14-6-4-13(5-7-14)12-23-17-11-16(22-10-8-18(26)27)24-19(25-17)15-3-1-2-9-21-15/h1-7,9,11H,8,10,12H2,(H,26,27)(H2,22,23,24,25). The van der Waals surface area contributed by atoms with Crippen molar-refractivity contribution in [3.63, 3.8) is 0 Å². The molecule has 0 saturated carbocycles. The molecule has 1 aromatic carbocycles. The summed E-state index contributed by atoms with van der Waals surface area (Å²) in [5.41, 5.74) is 1.69. The third kappa shape index (κ3) is 5.65. The van der Waals surface area contributed by atoms with Crippen molar-refractivity contribution in [2.24, 2.45) is 0 Å². The molecule has 7 nitrogen and oxygen atoms in total. The first-order valence-corrected chi connectivity index (χ1v) is 8.72. The molecule has 2 heterocycles. The predicted molar refractivity (Wildman–Crippen MR) is 105 cm³/mol. The average Bonchev–Trinajstić information content (AvgIpc) is 2.68. The highest BCUT2D eigenvalue weighted by atomic mass is 35.5. The summed E-state index contributed by atoms with van der Waals surface area (Å²) in [6.07, 6.45) is 1.67. The maximum absolute atomic E-state index is 10.7. The number of nitrogens with one attached hydrogen (secondary N) is 2. The van der Waals surface area contributed by atoms with Gasteiger partial charge in [0, 0.05) is 30.4 Å². The largest absolute Gasteiger partial charge is 0.481 e. The number of benzene rings is 1. The highest BCUT2D eigenvalue weighted by molar-refractivity contribution is 6.30. The van der Waals surface area contributed by atoms with Crippen LogP contribution in [0.15, 0.2) is 54.7 Å². The number of nitrogens with zero attached hydrogens (tertiary/aromatic N) is 3. The fourth-order valence-electron chi connectivity index (χ4n) is 2.33. The molecule has 0 fully saturated rings. The van der Waals surface area contributed by atoms with E-state index in [-0.39, 0.29) is 13.0 Å². The lowest BCUT2D eigenvalue weighted by molar-refractivity contribution is -0.136. The van der Waals surface area contributed by atoms with Gasteiger partial charge in [0.2, 0.25) is 0 Å². The molecule has 3 rings (SSSR count). The van der Waals surface area contributed by atoms with Crippen LogP contribution in [0.1, 0.15) is 12.0 Å². The quantitative estimate of drug-likeness (QED) is 0.545. The van der Waals surface area contributed by atoms with Crippen LogP contribution in [-0.2, 0) is 11.3 Å². The Balaban J connectivity index is 1.80. The highest BCUT2D eigenvalue weighted by Crippen LogP contribution is 2.19. The van der Waals surface area contributed by atoms with E-state index in [9.17, 15) is 4.79 Å². The number of aromatic nitrogens is 3. The second kappa shape index (κ2) is 8.95. The van der Waals surface area contributed by atoms with E-state index in [0.29, 0.717) is 34.7 Å². The number of carbonyl (C=O) groups is 1. The van der Waals surface area contributed by atoms with E-state index in [1.165, 1.54) is 0 Å². The lowest BCUT2D eigenvalue weighted by atomic mass is 10.2. The fourth-order valence-corrected chi connectivity index (χ4v) is 2.46. The summed E-state index contributed by atoms with van der Waals surface area (Å²) in [5.74, 6) is 0.723. The zero-order valence-corrected chi connectivity index (χ0v) is 15.1. The van der Waals surface area contributed by atoms with Gasteiger partial charge in [-0.3, -0.25) is 9.78 Å². The Morgan fingerprint density at radius 2 is 1.78 bits per heavy atom. The molecule has 0 bridgehead atoms. The van der Waals surface area contributed by atoms with Crippen LogP contribution in [-0.4, -0.2) is 32.6 Å². The second-order valence-electron chi connectivity index (χ2n) is 5.73. The van der Waals surface area contributed by atoms with Gasteiger partial charge in [0.05, 0.1) is 6.42 Å². The molecule has 0 aliphatic rings. The maximum atomic E-state index is 10.7. The topological polar surface area (TPSA) is 100 Å². The van der Waals surface area contributed by atoms with Gasteiger partial charge in [-0.05, 0) is 29.8 Å². The van der Waals surface area contributed by atoms with Gasteiger partial charge in [0.15, 0.2) is 5.82 Å². The molecule has 8 heteroatoms. The predicted octanol–water partition coefficient (Wildman–Crippen LogP) is 3.69. The van der Waals surface area contributed by atoms with Crippen molar-refractivity contribution in [3.8, 4) is 11.5 Å². The van der Waals surface area contributed by atoms with E-state index < -0.39 is 5.97 Å². The molecule has 0 spiro atoms. The van der Waals surface area contributed by atoms with E-state index in [2.05, 4.69) is 25.6 Å². The molecule has 3 N–H and O–H groups in total. The summed E-state index contributed by atoms with van der Waals surface area (Å²) in [5, 5.41) is 15.8. The number of carboxylic acids is 1. The minimum absolute atomic E-state index is 0.00351. The maximum Gasteiger partial charge on any atom is 0.305 e. The van der Waals surface area contributed by atoms with Crippen LogP contribution in [0.25, 0.3) is 11.5 Å². The summed E-state index contributed by atoms with van der Waals surface area (Å²) in [4.78, 5) is 23.9. The number of aliphatic carboxylic acids is 1. The van der Waals surface area contributed by atoms with E-state index >= 15 is 0 Å². The zero-order valence-electron chi connectivity index (χ0n) is 14.4. The van der Waals surface area contributed by atoms with Gasteiger partial charge >= 0.3 is 5.97 Å². The van der Waals surface area contributed by atoms with E-state index in [1.54, 1.807) is 12.3 Å². The molecule has 27 heavy (non-hydrogen) atoms. The molecule has 0 aliphatic heterocycles. The minimum Gasteiger partial charge on any atom is -0.481 e. The van der Waals surface area contributed by atoms with Crippen molar-refractivity contribution >= 4 is 29.2 Å². The van der Waals surface area contributed by atoms with E-state index in [1.807, 2.05) is 42.5 Å². The first kappa shape index (κ1) is 18.6. The first-order valence-electron chi connectivity index (χ1n) is 8.34. The summed E-state index contributed by atoms with van der Waals surface area (Å²) in [7, 11) is 0. The van der Waals surface area contributed by atoms with Crippen molar-refractivity contribution in [2.75, 3.05) is 17.2 Å². The molecule has 0 radical (unpaired) electrons. The Hall–Kier alpha value is -3.19. The zero-order chi connectivity index (χ0) is 19.1. The summed E-state index contributed by atoms with van der Waals surface area (Å²) < 4.78 is 0. The van der Waals surface area contributed by atoms with Gasteiger partial charge in [0.25, 0.3) is 0 Å². The smallest absolute Gasteiger partial charge is 0.305 e. The number of halogens is 1. The Morgan fingerprint density at radius 1 is 1.04 bits per heavy atom. The third-order valence-electron chi connectivity index (χ3n) is 3.65. The Morgan fingerprint density at radius 3 is 2.44 bits per heavy atom. The molecular weight excluding hydrogens is 366 g/mol. The number of carboxylic acid groups (broad SMARTS) is 1. The van der Waals surface area contributed by atoms with Crippen LogP contribution in [0, 0.1) is 0 Å². The van der Waals surface area contributed by atoms with Gasteiger partial charge < -0.3 is 15.7 Å². The SMILES string of the molecule is O=C(O)CCNc1cc(NCc2ccc(Cl)cc2)nc(-c2ccccn2)n1. The third-order valence-corrected chi connectivity index (χ3v) is 3.90.